The minimum atomic E-state index is -3.02. The molecule has 0 saturated heterocycles. The standard InChI is InChI=1S/C12H15ClO5S/c1-2-19(16,17)7-3-6-18-11-5-4-9(13)8-10(11)12(14)15/h4-5,8H,2-3,6-7H2,1H3,(H,14,15). The van der Waals surface area contributed by atoms with Crippen molar-refractivity contribution in [2.75, 3.05) is 18.1 Å². The van der Waals surface area contributed by atoms with Crippen LogP contribution in [0.15, 0.2) is 18.2 Å². The predicted molar refractivity (Wildman–Crippen MR) is 72.9 cm³/mol. The Morgan fingerprint density at radius 3 is 2.68 bits per heavy atom. The number of rotatable bonds is 7. The van der Waals surface area contributed by atoms with Crippen LogP contribution in [0.4, 0.5) is 0 Å². The summed E-state index contributed by atoms with van der Waals surface area (Å²) in [5, 5.41) is 9.28. The molecule has 19 heavy (non-hydrogen) atoms. The van der Waals surface area contributed by atoms with Crippen LogP contribution in [0.5, 0.6) is 5.75 Å². The number of ether oxygens (including phenoxy) is 1. The third kappa shape index (κ3) is 5.08. The number of halogens is 1. The molecule has 1 aromatic rings. The summed E-state index contributed by atoms with van der Waals surface area (Å²) in [5.41, 5.74) is -0.0363. The molecule has 0 bridgehead atoms. The highest BCUT2D eigenvalue weighted by Gasteiger charge is 2.12. The molecule has 0 fully saturated rings. The summed E-state index contributed by atoms with van der Waals surface area (Å²) in [5.74, 6) is -0.835. The minimum absolute atomic E-state index is 0.0273. The van der Waals surface area contributed by atoms with Crippen LogP contribution >= 0.6 is 11.6 Å². The van der Waals surface area contributed by atoms with Crippen LogP contribution in [-0.2, 0) is 9.84 Å². The average molecular weight is 307 g/mol. The first kappa shape index (κ1) is 15.8. The molecule has 0 amide bonds. The number of carbonyl (C=O) groups is 1. The van der Waals surface area contributed by atoms with Crippen LogP contribution in [0, 0.1) is 0 Å². The van der Waals surface area contributed by atoms with Gasteiger partial charge >= 0.3 is 5.97 Å². The lowest BCUT2D eigenvalue weighted by Gasteiger charge is -2.09. The Morgan fingerprint density at radius 2 is 2.11 bits per heavy atom. The molecule has 0 aliphatic rings. The molecule has 0 spiro atoms. The highest BCUT2D eigenvalue weighted by Crippen LogP contribution is 2.23. The van der Waals surface area contributed by atoms with Gasteiger partial charge in [0.1, 0.15) is 21.2 Å². The number of hydrogen-bond donors (Lipinski definition) is 1. The van der Waals surface area contributed by atoms with Crippen molar-refractivity contribution in [2.45, 2.75) is 13.3 Å². The molecule has 0 aliphatic carbocycles. The lowest BCUT2D eigenvalue weighted by Crippen LogP contribution is -2.12. The Balaban J connectivity index is 2.61. The normalized spacial score (nSPS) is 11.3. The van der Waals surface area contributed by atoms with Crippen molar-refractivity contribution in [3.63, 3.8) is 0 Å². The molecule has 0 atom stereocenters. The van der Waals surface area contributed by atoms with Gasteiger partial charge < -0.3 is 9.84 Å². The molecule has 106 valence electrons. The van der Waals surface area contributed by atoms with Gasteiger partial charge in [-0.05, 0) is 24.6 Å². The summed E-state index contributed by atoms with van der Waals surface area (Å²) < 4.78 is 27.8. The quantitative estimate of drug-likeness (QED) is 0.781. The second kappa shape index (κ2) is 6.77. The van der Waals surface area contributed by atoms with Crippen molar-refractivity contribution in [2.24, 2.45) is 0 Å². The van der Waals surface area contributed by atoms with Gasteiger partial charge in [-0.25, -0.2) is 13.2 Å². The number of carboxylic acids is 1. The van der Waals surface area contributed by atoms with E-state index in [1.807, 2.05) is 0 Å². The number of carboxylic acid groups (broad SMARTS) is 1. The monoisotopic (exact) mass is 306 g/mol. The smallest absolute Gasteiger partial charge is 0.339 e. The van der Waals surface area contributed by atoms with E-state index < -0.39 is 15.8 Å². The largest absolute Gasteiger partial charge is 0.493 e. The van der Waals surface area contributed by atoms with Gasteiger partial charge in [0.15, 0.2) is 0 Å². The van der Waals surface area contributed by atoms with Gasteiger partial charge in [-0.15, -0.1) is 0 Å². The van der Waals surface area contributed by atoms with Gasteiger partial charge in [-0.1, -0.05) is 18.5 Å². The van der Waals surface area contributed by atoms with Crippen molar-refractivity contribution in [3.05, 3.63) is 28.8 Å². The van der Waals surface area contributed by atoms with Crippen LogP contribution < -0.4 is 4.74 Å². The zero-order valence-corrected chi connectivity index (χ0v) is 12.0. The summed E-state index contributed by atoms with van der Waals surface area (Å²) in [6.45, 7) is 1.72. The molecular weight excluding hydrogens is 292 g/mol. The summed E-state index contributed by atoms with van der Waals surface area (Å²) in [4.78, 5) is 11.0. The maximum Gasteiger partial charge on any atom is 0.339 e. The Morgan fingerprint density at radius 1 is 1.42 bits per heavy atom. The fraction of sp³-hybridized carbons (Fsp3) is 0.417. The summed E-state index contributed by atoms with van der Waals surface area (Å²) in [7, 11) is -3.02. The predicted octanol–water partition coefficient (Wildman–Crippen LogP) is 2.24. The van der Waals surface area contributed by atoms with Crippen molar-refractivity contribution in [1.82, 2.24) is 0 Å². The van der Waals surface area contributed by atoms with Crippen LogP contribution in [0.3, 0.4) is 0 Å². The topological polar surface area (TPSA) is 80.7 Å². The van der Waals surface area contributed by atoms with Gasteiger partial charge in [0.2, 0.25) is 0 Å². The molecule has 0 saturated carbocycles. The second-order valence-electron chi connectivity index (χ2n) is 3.88. The molecule has 0 heterocycles. The molecule has 0 aromatic heterocycles. The van der Waals surface area contributed by atoms with E-state index in [1.165, 1.54) is 18.2 Å². The molecule has 0 aliphatic heterocycles. The molecule has 1 N–H and O–H groups in total. The van der Waals surface area contributed by atoms with Crippen molar-refractivity contribution >= 4 is 27.4 Å². The number of hydrogen-bond acceptors (Lipinski definition) is 4. The number of sulfone groups is 1. The lowest BCUT2D eigenvalue weighted by atomic mass is 10.2. The molecule has 5 nitrogen and oxygen atoms in total. The Bertz CT molecular complexity index is 553. The maximum atomic E-state index is 11.3. The van der Waals surface area contributed by atoms with Gasteiger partial charge in [0, 0.05) is 10.8 Å². The van der Waals surface area contributed by atoms with Crippen molar-refractivity contribution < 1.29 is 23.1 Å². The SMILES string of the molecule is CCS(=O)(=O)CCCOc1ccc(Cl)cc1C(=O)O. The van der Waals surface area contributed by atoms with Gasteiger partial charge in [-0.3, -0.25) is 0 Å². The fourth-order valence-corrected chi connectivity index (χ4v) is 2.42. The first-order valence-electron chi connectivity index (χ1n) is 5.72. The Kier molecular flexibility index (Phi) is 5.62. The molecule has 1 rings (SSSR count). The summed E-state index contributed by atoms with van der Waals surface area (Å²) >= 11 is 5.70. The second-order valence-corrected chi connectivity index (χ2v) is 6.79. The molecule has 1 aromatic carbocycles. The average Bonchev–Trinajstić information content (AvgIpc) is 2.36. The Hall–Kier alpha value is -1.27. The maximum absolute atomic E-state index is 11.3. The van der Waals surface area contributed by atoms with Gasteiger partial charge in [0.25, 0.3) is 0 Å². The van der Waals surface area contributed by atoms with E-state index in [9.17, 15) is 13.2 Å². The van der Waals surface area contributed by atoms with E-state index in [2.05, 4.69) is 0 Å². The van der Waals surface area contributed by atoms with E-state index in [0.29, 0.717) is 11.4 Å². The molecular formula is C12H15ClO5S. The first-order chi connectivity index (χ1) is 8.85. The third-order valence-electron chi connectivity index (χ3n) is 2.47. The van der Waals surface area contributed by atoms with Crippen LogP contribution in [0.25, 0.3) is 0 Å². The zero-order chi connectivity index (χ0) is 14.5. The molecule has 0 unspecified atom stereocenters. The fourth-order valence-electron chi connectivity index (χ4n) is 1.40. The minimum Gasteiger partial charge on any atom is -0.493 e. The lowest BCUT2D eigenvalue weighted by molar-refractivity contribution is 0.0692. The van der Waals surface area contributed by atoms with E-state index in [-0.39, 0.29) is 29.4 Å². The highest BCUT2D eigenvalue weighted by molar-refractivity contribution is 7.91. The summed E-state index contributed by atoms with van der Waals surface area (Å²) in [6, 6.07) is 4.27. The van der Waals surface area contributed by atoms with Gasteiger partial charge in [0.05, 0.1) is 12.4 Å². The zero-order valence-electron chi connectivity index (χ0n) is 10.4. The Labute approximate surface area is 117 Å². The van der Waals surface area contributed by atoms with E-state index in [1.54, 1.807) is 6.92 Å². The van der Waals surface area contributed by atoms with E-state index in [4.69, 9.17) is 21.4 Å². The van der Waals surface area contributed by atoms with Gasteiger partial charge in [-0.2, -0.15) is 0 Å². The first-order valence-corrected chi connectivity index (χ1v) is 7.91. The molecule has 0 radical (unpaired) electrons. The highest BCUT2D eigenvalue weighted by atomic mass is 35.5. The summed E-state index contributed by atoms with van der Waals surface area (Å²) in [6.07, 6.45) is 0.317. The van der Waals surface area contributed by atoms with Crippen LogP contribution in [-0.4, -0.2) is 37.6 Å². The van der Waals surface area contributed by atoms with Crippen LogP contribution in [0.2, 0.25) is 5.02 Å². The number of aromatic carboxylic acids is 1. The van der Waals surface area contributed by atoms with Crippen LogP contribution in [0.1, 0.15) is 23.7 Å². The third-order valence-corrected chi connectivity index (χ3v) is 4.49. The van der Waals surface area contributed by atoms with Crippen molar-refractivity contribution in [1.29, 1.82) is 0 Å². The van der Waals surface area contributed by atoms with E-state index >= 15 is 0 Å². The number of benzene rings is 1. The molecule has 7 heteroatoms. The van der Waals surface area contributed by atoms with Crippen molar-refractivity contribution in [3.8, 4) is 5.75 Å². The van der Waals surface area contributed by atoms with E-state index in [0.717, 1.165) is 0 Å².